The van der Waals surface area contributed by atoms with E-state index in [2.05, 4.69) is 11.6 Å². The maximum Gasteiger partial charge on any atom is 0.338 e. The molecule has 0 N–H and O–H groups in total. The van der Waals surface area contributed by atoms with E-state index in [1.54, 1.807) is 36.8 Å². The molecule has 1 atom stereocenters. The Labute approximate surface area is 201 Å². The topological polar surface area (TPSA) is 69.9 Å². The van der Waals surface area contributed by atoms with Crippen LogP contribution in [0.2, 0.25) is 0 Å². The van der Waals surface area contributed by atoms with E-state index < -0.39 is 12.0 Å². The average molecular weight is 473 g/mol. The van der Waals surface area contributed by atoms with Crippen LogP contribution in [0.4, 0.5) is 0 Å². The largest absolute Gasteiger partial charge is 0.497 e. The van der Waals surface area contributed by atoms with E-state index >= 15 is 0 Å². The first-order valence-electron chi connectivity index (χ1n) is 10.7. The molecule has 0 saturated carbocycles. The number of carbonyl (C=O) groups is 1. The minimum Gasteiger partial charge on any atom is -0.497 e. The van der Waals surface area contributed by atoms with Crippen LogP contribution in [0.15, 0.2) is 94.4 Å². The van der Waals surface area contributed by atoms with Crippen LogP contribution < -0.4 is 19.6 Å². The highest BCUT2D eigenvalue weighted by atomic mass is 32.1. The number of carbonyl (C=O) groups excluding carboxylic acids is 1. The molecule has 0 fully saturated rings. The van der Waals surface area contributed by atoms with Crippen molar-refractivity contribution >= 4 is 29.5 Å². The Balaban J connectivity index is 1.84. The van der Waals surface area contributed by atoms with E-state index in [0.717, 1.165) is 11.1 Å². The van der Waals surface area contributed by atoms with Crippen molar-refractivity contribution in [3.63, 3.8) is 0 Å². The second kappa shape index (κ2) is 10.3. The van der Waals surface area contributed by atoms with Crippen molar-refractivity contribution in [1.82, 2.24) is 4.57 Å². The summed E-state index contributed by atoms with van der Waals surface area (Å²) >= 11 is 1.29. The highest BCUT2D eigenvalue weighted by Gasteiger charge is 2.33. The van der Waals surface area contributed by atoms with Gasteiger partial charge in [-0.3, -0.25) is 9.36 Å². The summed E-state index contributed by atoms with van der Waals surface area (Å²) in [5, 5.41) is 0. The zero-order valence-corrected chi connectivity index (χ0v) is 19.7. The highest BCUT2D eigenvalue weighted by Crippen LogP contribution is 2.31. The number of esters is 1. The van der Waals surface area contributed by atoms with Gasteiger partial charge < -0.3 is 9.47 Å². The first-order valence-corrected chi connectivity index (χ1v) is 11.5. The molecule has 1 aliphatic heterocycles. The Morgan fingerprint density at radius 3 is 2.59 bits per heavy atom. The van der Waals surface area contributed by atoms with E-state index in [4.69, 9.17) is 9.47 Å². The van der Waals surface area contributed by atoms with E-state index in [0.29, 0.717) is 26.4 Å². The second-order valence-corrected chi connectivity index (χ2v) is 8.54. The molecule has 0 spiro atoms. The first kappa shape index (κ1) is 23.2. The van der Waals surface area contributed by atoms with E-state index in [9.17, 15) is 9.59 Å². The number of rotatable bonds is 7. The lowest BCUT2D eigenvalue weighted by atomic mass is 9.96. The lowest BCUT2D eigenvalue weighted by molar-refractivity contribution is -0.138. The van der Waals surface area contributed by atoms with Crippen molar-refractivity contribution in [3.8, 4) is 5.75 Å². The standard InChI is InChI=1S/C27H24N2O4S/c1-4-17-33-26(31)23-18(2)28-27-29(24(23)20-13-15-21(32-3)16-14-20)25(30)22(34-27)12-8-11-19-9-6-5-7-10-19/h4-16,24H,1,17H2,2-3H3/b11-8+,22-12-/t24-/m0/s1. The molecule has 4 rings (SSSR count). The SMILES string of the molecule is C=CCOC(=O)C1=C(C)N=c2s/c(=C\C=C\c3ccccc3)c(=O)n2[C@H]1c1ccc(OC)cc1. The van der Waals surface area contributed by atoms with Crippen LogP contribution in [0, 0.1) is 0 Å². The minimum absolute atomic E-state index is 0.0691. The Bertz CT molecular complexity index is 1440. The number of thiazole rings is 1. The summed E-state index contributed by atoms with van der Waals surface area (Å²) in [6, 6.07) is 16.5. The van der Waals surface area contributed by atoms with Gasteiger partial charge in [-0.2, -0.15) is 0 Å². The summed E-state index contributed by atoms with van der Waals surface area (Å²) in [4.78, 5) is 31.6. The fraction of sp³-hybridized carbons (Fsp3) is 0.148. The third kappa shape index (κ3) is 4.70. The Morgan fingerprint density at radius 2 is 1.91 bits per heavy atom. The molecule has 0 saturated heterocycles. The predicted molar refractivity (Wildman–Crippen MR) is 134 cm³/mol. The van der Waals surface area contributed by atoms with Crippen molar-refractivity contribution in [2.24, 2.45) is 4.99 Å². The smallest absolute Gasteiger partial charge is 0.338 e. The maximum atomic E-state index is 13.5. The maximum absolute atomic E-state index is 13.5. The fourth-order valence-corrected chi connectivity index (χ4v) is 4.72. The van der Waals surface area contributed by atoms with Crippen molar-refractivity contribution in [2.45, 2.75) is 13.0 Å². The van der Waals surface area contributed by atoms with Gasteiger partial charge in [0.05, 0.1) is 29.0 Å². The van der Waals surface area contributed by atoms with Crippen LogP contribution in [0.1, 0.15) is 24.1 Å². The number of hydrogen-bond donors (Lipinski definition) is 0. The van der Waals surface area contributed by atoms with Gasteiger partial charge in [0.2, 0.25) is 0 Å². The molecule has 0 amide bonds. The van der Waals surface area contributed by atoms with Crippen molar-refractivity contribution in [2.75, 3.05) is 13.7 Å². The minimum atomic E-state index is -0.667. The molecule has 0 aliphatic carbocycles. The van der Waals surface area contributed by atoms with Crippen LogP contribution >= 0.6 is 11.3 Å². The van der Waals surface area contributed by atoms with Gasteiger partial charge in [0.25, 0.3) is 5.56 Å². The molecule has 172 valence electrons. The van der Waals surface area contributed by atoms with Gasteiger partial charge in [-0.25, -0.2) is 9.79 Å². The zero-order valence-electron chi connectivity index (χ0n) is 18.9. The van der Waals surface area contributed by atoms with Crippen LogP contribution in [-0.2, 0) is 9.53 Å². The molecule has 0 bridgehead atoms. The first-order chi connectivity index (χ1) is 16.5. The normalized spacial score (nSPS) is 15.7. The summed E-state index contributed by atoms with van der Waals surface area (Å²) in [7, 11) is 1.59. The van der Waals surface area contributed by atoms with Crippen LogP contribution in [-0.4, -0.2) is 24.3 Å². The Kier molecular flexibility index (Phi) is 7.04. The molecule has 0 radical (unpaired) electrons. The summed E-state index contributed by atoms with van der Waals surface area (Å²) in [6.45, 7) is 5.43. The lowest BCUT2D eigenvalue weighted by Crippen LogP contribution is -2.39. The molecule has 7 heteroatoms. The lowest BCUT2D eigenvalue weighted by Gasteiger charge is -2.24. The van der Waals surface area contributed by atoms with E-state index in [1.807, 2.05) is 54.6 Å². The number of allylic oxidation sites excluding steroid dienone is 2. The van der Waals surface area contributed by atoms with Gasteiger partial charge in [0.15, 0.2) is 4.80 Å². The van der Waals surface area contributed by atoms with Crippen LogP contribution in [0.25, 0.3) is 12.2 Å². The Hall–Kier alpha value is -3.97. The van der Waals surface area contributed by atoms with Crippen molar-refractivity contribution in [3.05, 3.63) is 115 Å². The van der Waals surface area contributed by atoms with E-state index in [1.165, 1.54) is 17.4 Å². The van der Waals surface area contributed by atoms with Crippen molar-refractivity contribution < 1.29 is 14.3 Å². The quantitative estimate of drug-likeness (QED) is 0.389. The van der Waals surface area contributed by atoms with Gasteiger partial charge in [0.1, 0.15) is 12.4 Å². The van der Waals surface area contributed by atoms with E-state index in [-0.39, 0.29) is 12.2 Å². The number of nitrogens with zero attached hydrogens (tertiary/aromatic N) is 2. The van der Waals surface area contributed by atoms with Gasteiger partial charge in [0, 0.05) is 0 Å². The molecule has 0 unspecified atom stereocenters. The fourth-order valence-electron chi connectivity index (χ4n) is 3.72. The second-order valence-electron chi connectivity index (χ2n) is 7.53. The summed E-state index contributed by atoms with van der Waals surface area (Å²) in [5.74, 6) is 0.152. The predicted octanol–water partition coefficient (Wildman–Crippen LogP) is 3.64. The third-order valence-electron chi connectivity index (χ3n) is 5.34. The summed E-state index contributed by atoms with van der Waals surface area (Å²) in [5.41, 5.74) is 2.41. The molecule has 1 aromatic heterocycles. The molecule has 3 aromatic rings. The molecule has 1 aliphatic rings. The van der Waals surface area contributed by atoms with Crippen LogP contribution in [0.3, 0.4) is 0 Å². The molecular weight excluding hydrogens is 448 g/mol. The number of aromatic nitrogens is 1. The molecule has 2 heterocycles. The monoisotopic (exact) mass is 472 g/mol. The van der Waals surface area contributed by atoms with Gasteiger partial charge in [-0.1, -0.05) is 78.6 Å². The molecular formula is C27H24N2O4S. The van der Waals surface area contributed by atoms with Crippen LogP contribution in [0.5, 0.6) is 5.75 Å². The van der Waals surface area contributed by atoms with Gasteiger partial charge >= 0.3 is 5.97 Å². The summed E-state index contributed by atoms with van der Waals surface area (Å²) in [6.07, 6.45) is 7.06. The summed E-state index contributed by atoms with van der Waals surface area (Å²) < 4.78 is 12.7. The highest BCUT2D eigenvalue weighted by molar-refractivity contribution is 7.07. The third-order valence-corrected chi connectivity index (χ3v) is 6.34. The number of fused-ring (bicyclic) bond motifs is 1. The number of methoxy groups -OCH3 is 1. The molecule has 6 nitrogen and oxygen atoms in total. The Morgan fingerprint density at radius 1 is 1.18 bits per heavy atom. The number of ether oxygens (including phenoxy) is 2. The van der Waals surface area contributed by atoms with Gasteiger partial charge in [-0.05, 0) is 36.3 Å². The number of hydrogen-bond acceptors (Lipinski definition) is 6. The molecule has 34 heavy (non-hydrogen) atoms. The number of benzene rings is 2. The average Bonchev–Trinajstić information content (AvgIpc) is 3.17. The van der Waals surface area contributed by atoms with Crippen molar-refractivity contribution in [1.29, 1.82) is 0 Å². The van der Waals surface area contributed by atoms with Gasteiger partial charge in [-0.15, -0.1) is 0 Å². The zero-order chi connectivity index (χ0) is 24.1. The molecule has 2 aromatic carbocycles.